The molecule has 0 saturated heterocycles. The van der Waals surface area contributed by atoms with E-state index >= 15 is 0 Å². The first-order valence-electron chi connectivity index (χ1n) is 4.59. The van der Waals surface area contributed by atoms with E-state index in [1.54, 1.807) is 6.92 Å². The quantitative estimate of drug-likeness (QED) is 0.621. The van der Waals surface area contributed by atoms with Crippen LogP contribution >= 0.6 is 11.8 Å². The molecule has 17 heavy (non-hydrogen) atoms. The van der Waals surface area contributed by atoms with Gasteiger partial charge in [-0.3, -0.25) is 10.1 Å². The van der Waals surface area contributed by atoms with E-state index in [0.29, 0.717) is 15.8 Å². The van der Waals surface area contributed by atoms with E-state index in [0.717, 1.165) is 17.8 Å². The molecule has 0 N–H and O–H groups in total. The highest BCUT2D eigenvalue weighted by atomic mass is 32.2. The molecule has 0 radical (unpaired) electrons. The number of hydrogen-bond donors (Lipinski definition) is 0. The molecule has 2 aromatic rings. The van der Waals surface area contributed by atoms with Crippen LogP contribution in [-0.4, -0.2) is 9.91 Å². The third kappa shape index (κ3) is 2.82. The molecule has 0 bridgehead atoms. The van der Waals surface area contributed by atoms with Crippen LogP contribution in [0.2, 0.25) is 0 Å². The van der Waals surface area contributed by atoms with Crippen LogP contribution in [0.5, 0.6) is 0 Å². The predicted octanol–water partition coefficient (Wildman–Crippen LogP) is 3.18. The minimum Gasteiger partial charge on any atom is -0.439 e. The summed E-state index contributed by atoms with van der Waals surface area (Å²) in [7, 11) is 0. The first-order valence-corrected chi connectivity index (χ1v) is 5.41. The van der Waals surface area contributed by atoms with Crippen LogP contribution in [0.4, 0.5) is 10.1 Å². The molecule has 1 aromatic carbocycles. The number of non-ortho nitro benzene ring substituents is 1. The molecular formula is C10H7FN2O3S. The number of aromatic nitrogens is 1. The lowest BCUT2D eigenvalue weighted by Crippen LogP contribution is -1.89. The van der Waals surface area contributed by atoms with Gasteiger partial charge in [0.05, 0.1) is 16.7 Å². The summed E-state index contributed by atoms with van der Waals surface area (Å²) >= 11 is 1.03. The van der Waals surface area contributed by atoms with E-state index in [1.807, 2.05) is 0 Å². The summed E-state index contributed by atoms with van der Waals surface area (Å²) < 4.78 is 18.2. The Kier molecular flexibility index (Phi) is 3.10. The van der Waals surface area contributed by atoms with Gasteiger partial charge in [-0.05, 0) is 24.8 Å². The SMILES string of the molecule is Cc1coc(Sc2cc(F)cc([N+](=O)[O-])c2)n1. The van der Waals surface area contributed by atoms with Crippen LogP contribution in [0.1, 0.15) is 5.69 Å². The largest absolute Gasteiger partial charge is 0.439 e. The third-order valence-corrected chi connectivity index (χ3v) is 2.70. The zero-order chi connectivity index (χ0) is 12.4. The van der Waals surface area contributed by atoms with Crippen LogP contribution in [0.25, 0.3) is 0 Å². The Morgan fingerprint density at radius 2 is 2.24 bits per heavy atom. The summed E-state index contributed by atoms with van der Waals surface area (Å²) in [5.74, 6) is -0.662. The van der Waals surface area contributed by atoms with Gasteiger partial charge >= 0.3 is 0 Å². The molecule has 0 amide bonds. The maximum absolute atomic E-state index is 13.1. The number of nitro groups is 1. The van der Waals surface area contributed by atoms with Gasteiger partial charge in [-0.25, -0.2) is 9.37 Å². The van der Waals surface area contributed by atoms with Crippen LogP contribution < -0.4 is 0 Å². The Morgan fingerprint density at radius 1 is 1.47 bits per heavy atom. The Bertz CT molecular complexity index is 570. The Balaban J connectivity index is 2.29. The van der Waals surface area contributed by atoms with E-state index < -0.39 is 10.7 Å². The number of hydrogen-bond acceptors (Lipinski definition) is 5. The Morgan fingerprint density at radius 3 is 2.82 bits per heavy atom. The highest BCUT2D eigenvalue weighted by Gasteiger charge is 2.12. The van der Waals surface area contributed by atoms with E-state index in [4.69, 9.17) is 4.42 Å². The second-order valence-corrected chi connectivity index (χ2v) is 4.28. The molecule has 0 spiro atoms. The predicted molar refractivity (Wildman–Crippen MR) is 58.4 cm³/mol. The number of oxazole rings is 1. The topological polar surface area (TPSA) is 69.2 Å². The molecule has 7 heteroatoms. The van der Waals surface area contributed by atoms with Gasteiger partial charge in [-0.2, -0.15) is 0 Å². The fraction of sp³-hybridized carbons (Fsp3) is 0.100. The highest BCUT2D eigenvalue weighted by Crippen LogP contribution is 2.30. The summed E-state index contributed by atoms with van der Waals surface area (Å²) in [6, 6.07) is 3.33. The molecule has 1 heterocycles. The minimum atomic E-state index is -0.662. The van der Waals surface area contributed by atoms with Crippen molar-refractivity contribution in [1.29, 1.82) is 0 Å². The van der Waals surface area contributed by atoms with Crippen molar-refractivity contribution >= 4 is 17.4 Å². The van der Waals surface area contributed by atoms with Gasteiger partial charge in [0.15, 0.2) is 0 Å². The second-order valence-electron chi connectivity index (χ2n) is 3.26. The van der Waals surface area contributed by atoms with Crippen molar-refractivity contribution in [3.05, 3.63) is 46.1 Å². The normalized spacial score (nSPS) is 10.5. The summed E-state index contributed by atoms with van der Waals surface area (Å²) in [5.41, 5.74) is 0.397. The standard InChI is InChI=1S/C10H7FN2O3S/c1-6-5-16-10(12-6)17-9-3-7(11)2-8(4-9)13(14)15/h2-5H,1H3. The zero-order valence-corrected chi connectivity index (χ0v) is 9.53. The smallest absolute Gasteiger partial charge is 0.273 e. The summed E-state index contributed by atoms with van der Waals surface area (Å²) in [5, 5.41) is 10.9. The van der Waals surface area contributed by atoms with Crippen LogP contribution in [0.3, 0.4) is 0 Å². The number of nitrogens with zero attached hydrogens (tertiary/aromatic N) is 2. The average Bonchev–Trinajstić information content (AvgIpc) is 2.63. The second kappa shape index (κ2) is 4.54. The number of aryl methyl sites for hydroxylation is 1. The third-order valence-electron chi connectivity index (χ3n) is 1.87. The molecule has 0 aliphatic carbocycles. The minimum absolute atomic E-state index is 0.296. The van der Waals surface area contributed by atoms with Gasteiger partial charge in [-0.1, -0.05) is 0 Å². The maximum atomic E-state index is 13.1. The van der Waals surface area contributed by atoms with Crippen molar-refractivity contribution in [3.63, 3.8) is 0 Å². The van der Waals surface area contributed by atoms with Gasteiger partial charge in [0.1, 0.15) is 12.1 Å². The highest BCUT2D eigenvalue weighted by molar-refractivity contribution is 7.99. The number of rotatable bonds is 3. The molecule has 5 nitrogen and oxygen atoms in total. The van der Waals surface area contributed by atoms with Gasteiger partial charge in [0, 0.05) is 11.0 Å². The summed E-state index contributed by atoms with van der Waals surface area (Å²) in [6.45, 7) is 1.75. The monoisotopic (exact) mass is 254 g/mol. The molecule has 2 rings (SSSR count). The molecule has 88 valence electrons. The number of halogens is 1. The van der Waals surface area contributed by atoms with Crippen LogP contribution in [0.15, 0.2) is 39.0 Å². The summed E-state index contributed by atoms with van der Waals surface area (Å²) in [6.07, 6.45) is 1.45. The van der Waals surface area contributed by atoms with Crippen molar-refractivity contribution in [1.82, 2.24) is 4.98 Å². The van der Waals surface area contributed by atoms with Gasteiger partial charge in [-0.15, -0.1) is 0 Å². The first kappa shape index (κ1) is 11.6. The fourth-order valence-corrected chi connectivity index (χ4v) is 2.03. The Hall–Kier alpha value is -1.89. The molecule has 0 unspecified atom stereocenters. The van der Waals surface area contributed by atoms with Gasteiger partial charge < -0.3 is 4.42 Å². The lowest BCUT2D eigenvalue weighted by Gasteiger charge is -1.98. The lowest BCUT2D eigenvalue weighted by molar-refractivity contribution is -0.385. The number of benzene rings is 1. The molecular weight excluding hydrogens is 247 g/mol. The van der Waals surface area contributed by atoms with Crippen LogP contribution in [-0.2, 0) is 0 Å². The zero-order valence-electron chi connectivity index (χ0n) is 8.71. The van der Waals surface area contributed by atoms with Gasteiger partial charge in [0.2, 0.25) is 0 Å². The van der Waals surface area contributed by atoms with Gasteiger partial charge in [0.25, 0.3) is 10.9 Å². The van der Waals surface area contributed by atoms with E-state index in [9.17, 15) is 14.5 Å². The molecule has 0 aliphatic rings. The molecule has 0 atom stereocenters. The van der Waals surface area contributed by atoms with E-state index in [-0.39, 0.29) is 5.69 Å². The molecule has 0 aliphatic heterocycles. The Labute approximate surface area is 99.8 Å². The first-order chi connectivity index (χ1) is 8.04. The fourth-order valence-electron chi connectivity index (χ4n) is 1.19. The van der Waals surface area contributed by atoms with Crippen LogP contribution in [0, 0.1) is 22.9 Å². The van der Waals surface area contributed by atoms with Crippen molar-refractivity contribution in [2.75, 3.05) is 0 Å². The van der Waals surface area contributed by atoms with Crippen molar-refractivity contribution in [2.24, 2.45) is 0 Å². The maximum Gasteiger partial charge on any atom is 0.273 e. The lowest BCUT2D eigenvalue weighted by atomic mass is 10.3. The van der Waals surface area contributed by atoms with Crippen molar-refractivity contribution in [3.8, 4) is 0 Å². The molecule has 1 aromatic heterocycles. The summed E-state index contributed by atoms with van der Waals surface area (Å²) in [4.78, 5) is 14.3. The average molecular weight is 254 g/mol. The van der Waals surface area contributed by atoms with Crippen molar-refractivity contribution in [2.45, 2.75) is 17.0 Å². The molecule has 0 saturated carbocycles. The molecule has 0 fully saturated rings. The van der Waals surface area contributed by atoms with E-state index in [2.05, 4.69) is 4.98 Å². The van der Waals surface area contributed by atoms with Crippen molar-refractivity contribution < 1.29 is 13.7 Å². The number of nitro benzene ring substituents is 1. The van der Waals surface area contributed by atoms with E-state index in [1.165, 1.54) is 18.4 Å².